The summed E-state index contributed by atoms with van der Waals surface area (Å²) >= 11 is 0. The molecule has 0 amide bonds. The van der Waals surface area contributed by atoms with Crippen molar-refractivity contribution in [2.75, 3.05) is 11.9 Å². The lowest BCUT2D eigenvalue weighted by atomic mass is 10.2. The van der Waals surface area contributed by atoms with Gasteiger partial charge in [0.05, 0.1) is 0 Å². The van der Waals surface area contributed by atoms with Crippen molar-refractivity contribution in [2.45, 2.75) is 39.5 Å². The predicted molar refractivity (Wildman–Crippen MR) is 72.0 cm³/mol. The van der Waals surface area contributed by atoms with Crippen LogP contribution in [0, 0.1) is 6.92 Å². The average molecular weight is 261 g/mol. The summed E-state index contributed by atoms with van der Waals surface area (Å²) in [6, 6.07) is 1.92. The van der Waals surface area contributed by atoms with Gasteiger partial charge in [-0.25, -0.2) is 9.97 Å². The summed E-state index contributed by atoms with van der Waals surface area (Å²) in [5, 5.41) is 7.18. The van der Waals surface area contributed by atoms with Crippen LogP contribution in [-0.4, -0.2) is 26.7 Å². The van der Waals surface area contributed by atoms with Crippen LogP contribution < -0.4 is 5.32 Å². The van der Waals surface area contributed by atoms with E-state index < -0.39 is 0 Å². The van der Waals surface area contributed by atoms with Crippen LogP contribution in [0.25, 0.3) is 0 Å². The number of anilines is 1. The van der Waals surface area contributed by atoms with E-state index in [0.717, 1.165) is 36.7 Å². The number of rotatable bonds is 6. The van der Waals surface area contributed by atoms with Gasteiger partial charge in [-0.05, 0) is 13.3 Å². The molecule has 0 bridgehead atoms. The highest BCUT2D eigenvalue weighted by Gasteiger charge is 2.08. The number of hydrogen-bond acceptors (Lipinski definition) is 6. The molecule has 0 atom stereocenters. The largest absolute Gasteiger partial charge is 0.370 e. The standard InChI is InChI=1S/C13H19N5O/c1-9(2)13-17-12(19-18-13)5-4-6-14-11-7-10(3)15-8-16-11/h7-9H,4-6H2,1-3H3,(H,14,15,16). The molecule has 0 aliphatic heterocycles. The fourth-order valence-corrected chi connectivity index (χ4v) is 1.61. The maximum absolute atomic E-state index is 5.18. The molecule has 0 radical (unpaired) electrons. The molecule has 2 heterocycles. The second kappa shape index (κ2) is 6.26. The van der Waals surface area contributed by atoms with E-state index >= 15 is 0 Å². The van der Waals surface area contributed by atoms with E-state index in [-0.39, 0.29) is 0 Å². The Morgan fingerprint density at radius 1 is 1.32 bits per heavy atom. The van der Waals surface area contributed by atoms with Crippen molar-refractivity contribution < 1.29 is 4.52 Å². The Morgan fingerprint density at radius 2 is 2.16 bits per heavy atom. The van der Waals surface area contributed by atoms with Gasteiger partial charge in [0.2, 0.25) is 5.89 Å². The Hall–Kier alpha value is -1.98. The second-order valence-corrected chi connectivity index (χ2v) is 4.78. The quantitative estimate of drug-likeness (QED) is 0.804. The van der Waals surface area contributed by atoms with Crippen molar-refractivity contribution in [1.82, 2.24) is 20.1 Å². The normalized spacial score (nSPS) is 10.9. The number of nitrogens with one attached hydrogen (secondary N) is 1. The SMILES string of the molecule is Cc1cc(NCCCc2nc(C(C)C)no2)ncn1. The first-order valence-electron chi connectivity index (χ1n) is 6.50. The fraction of sp³-hybridized carbons (Fsp3) is 0.538. The zero-order chi connectivity index (χ0) is 13.7. The molecule has 0 saturated carbocycles. The van der Waals surface area contributed by atoms with E-state index in [2.05, 4.69) is 25.4 Å². The zero-order valence-corrected chi connectivity index (χ0v) is 11.6. The molecule has 102 valence electrons. The summed E-state index contributed by atoms with van der Waals surface area (Å²) < 4.78 is 5.18. The van der Waals surface area contributed by atoms with Gasteiger partial charge in [0.25, 0.3) is 0 Å². The molecule has 2 aromatic rings. The molecule has 2 aromatic heterocycles. The summed E-state index contributed by atoms with van der Waals surface area (Å²) in [6.07, 6.45) is 3.25. The van der Waals surface area contributed by atoms with Gasteiger partial charge in [-0.1, -0.05) is 19.0 Å². The molecule has 19 heavy (non-hydrogen) atoms. The van der Waals surface area contributed by atoms with Gasteiger partial charge >= 0.3 is 0 Å². The van der Waals surface area contributed by atoms with Crippen LogP contribution in [0.2, 0.25) is 0 Å². The number of hydrogen-bond donors (Lipinski definition) is 1. The summed E-state index contributed by atoms with van der Waals surface area (Å²) in [4.78, 5) is 12.5. The maximum atomic E-state index is 5.18. The predicted octanol–water partition coefficient (Wildman–Crippen LogP) is 2.34. The molecule has 6 nitrogen and oxygen atoms in total. The molecule has 0 spiro atoms. The van der Waals surface area contributed by atoms with Crippen LogP contribution in [0.1, 0.15) is 43.6 Å². The van der Waals surface area contributed by atoms with Gasteiger partial charge in [0, 0.05) is 30.6 Å². The molecule has 0 fully saturated rings. The maximum Gasteiger partial charge on any atom is 0.226 e. The number of aryl methyl sites for hydroxylation is 2. The third-order valence-corrected chi connectivity index (χ3v) is 2.68. The van der Waals surface area contributed by atoms with Crippen LogP contribution in [0.4, 0.5) is 5.82 Å². The van der Waals surface area contributed by atoms with Crippen LogP contribution >= 0.6 is 0 Å². The van der Waals surface area contributed by atoms with Gasteiger partial charge in [-0.3, -0.25) is 0 Å². The number of nitrogens with zero attached hydrogens (tertiary/aromatic N) is 4. The van der Waals surface area contributed by atoms with Crippen LogP contribution in [0.15, 0.2) is 16.9 Å². The fourth-order valence-electron chi connectivity index (χ4n) is 1.61. The Balaban J connectivity index is 1.74. The number of aromatic nitrogens is 4. The monoisotopic (exact) mass is 261 g/mol. The highest BCUT2D eigenvalue weighted by molar-refractivity contribution is 5.34. The van der Waals surface area contributed by atoms with E-state index in [1.165, 1.54) is 0 Å². The summed E-state index contributed by atoms with van der Waals surface area (Å²) in [6.45, 7) is 6.86. The lowest BCUT2D eigenvalue weighted by molar-refractivity contribution is 0.369. The van der Waals surface area contributed by atoms with Crippen molar-refractivity contribution in [3.05, 3.63) is 29.8 Å². The molecular weight excluding hydrogens is 242 g/mol. The van der Waals surface area contributed by atoms with E-state index in [4.69, 9.17) is 4.52 Å². The molecular formula is C13H19N5O. The van der Waals surface area contributed by atoms with Gasteiger partial charge < -0.3 is 9.84 Å². The first-order valence-corrected chi connectivity index (χ1v) is 6.50. The molecule has 2 rings (SSSR count). The van der Waals surface area contributed by atoms with Gasteiger partial charge in [0.15, 0.2) is 5.82 Å². The van der Waals surface area contributed by atoms with Crippen molar-refractivity contribution in [3.63, 3.8) is 0 Å². The highest BCUT2D eigenvalue weighted by atomic mass is 16.5. The zero-order valence-electron chi connectivity index (χ0n) is 11.6. The topological polar surface area (TPSA) is 76.7 Å². The minimum Gasteiger partial charge on any atom is -0.370 e. The van der Waals surface area contributed by atoms with E-state index in [1.807, 2.05) is 26.8 Å². The molecule has 0 aromatic carbocycles. The minimum absolute atomic E-state index is 0.305. The van der Waals surface area contributed by atoms with E-state index in [0.29, 0.717) is 11.8 Å². The van der Waals surface area contributed by atoms with E-state index in [1.54, 1.807) is 6.33 Å². The molecule has 0 saturated heterocycles. The molecule has 0 aliphatic carbocycles. The molecule has 6 heteroatoms. The van der Waals surface area contributed by atoms with Gasteiger partial charge in [-0.15, -0.1) is 0 Å². The summed E-state index contributed by atoms with van der Waals surface area (Å²) in [7, 11) is 0. The highest BCUT2D eigenvalue weighted by Crippen LogP contribution is 2.10. The van der Waals surface area contributed by atoms with Crippen LogP contribution in [0.3, 0.4) is 0 Å². The lowest BCUT2D eigenvalue weighted by Crippen LogP contribution is -2.05. The van der Waals surface area contributed by atoms with Crippen molar-refractivity contribution in [3.8, 4) is 0 Å². The average Bonchev–Trinajstić information content (AvgIpc) is 2.84. The van der Waals surface area contributed by atoms with Gasteiger partial charge in [-0.2, -0.15) is 4.98 Å². The first kappa shape index (κ1) is 13.5. The Kier molecular flexibility index (Phi) is 4.43. The molecule has 1 N–H and O–H groups in total. The smallest absolute Gasteiger partial charge is 0.226 e. The second-order valence-electron chi connectivity index (χ2n) is 4.78. The Labute approximate surface area is 112 Å². The van der Waals surface area contributed by atoms with Gasteiger partial charge in [0.1, 0.15) is 12.1 Å². The Bertz CT molecular complexity index is 523. The van der Waals surface area contributed by atoms with E-state index in [9.17, 15) is 0 Å². The van der Waals surface area contributed by atoms with Crippen molar-refractivity contribution in [1.29, 1.82) is 0 Å². The lowest BCUT2D eigenvalue weighted by Gasteiger charge is -2.04. The first-order chi connectivity index (χ1) is 9.15. The van der Waals surface area contributed by atoms with Crippen molar-refractivity contribution in [2.24, 2.45) is 0 Å². The third-order valence-electron chi connectivity index (χ3n) is 2.68. The van der Waals surface area contributed by atoms with Crippen LogP contribution in [0.5, 0.6) is 0 Å². The molecule has 0 aliphatic rings. The summed E-state index contributed by atoms with van der Waals surface area (Å²) in [5.41, 5.74) is 0.955. The molecule has 0 unspecified atom stereocenters. The Morgan fingerprint density at radius 3 is 2.84 bits per heavy atom. The minimum atomic E-state index is 0.305. The summed E-state index contributed by atoms with van der Waals surface area (Å²) in [5.74, 6) is 2.62. The third kappa shape index (κ3) is 4.01. The van der Waals surface area contributed by atoms with Crippen LogP contribution in [-0.2, 0) is 6.42 Å². The van der Waals surface area contributed by atoms with Crippen molar-refractivity contribution >= 4 is 5.82 Å².